The monoisotopic (exact) mass is 410 g/mol. The summed E-state index contributed by atoms with van der Waals surface area (Å²) in [5.41, 5.74) is 3.83. The van der Waals surface area contributed by atoms with Gasteiger partial charge in [-0.15, -0.1) is 5.10 Å². The first kappa shape index (κ1) is 20.5. The lowest BCUT2D eigenvalue weighted by Gasteiger charge is -2.16. The van der Waals surface area contributed by atoms with Crippen LogP contribution in [-0.2, 0) is 4.79 Å². The summed E-state index contributed by atoms with van der Waals surface area (Å²) < 4.78 is 1.59. The molecule has 9 heteroatoms. The zero-order valence-corrected chi connectivity index (χ0v) is 17.2. The minimum Gasteiger partial charge on any atom is -0.338 e. The molecule has 29 heavy (non-hydrogen) atoms. The summed E-state index contributed by atoms with van der Waals surface area (Å²) in [6, 6.07) is 14.6. The van der Waals surface area contributed by atoms with Gasteiger partial charge < -0.3 is 5.32 Å². The summed E-state index contributed by atoms with van der Waals surface area (Å²) in [6.07, 6.45) is 0. The third kappa shape index (κ3) is 5.00. The summed E-state index contributed by atoms with van der Waals surface area (Å²) >= 11 is 1.18. The van der Waals surface area contributed by atoms with Crippen LogP contribution in [0, 0.1) is 13.8 Å². The van der Waals surface area contributed by atoms with Gasteiger partial charge in [0.2, 0.25) is 11.1 Å². The van der Waals surface area contributed by atoms with Gasteiger partial charge >= 0.3 is 6.03 Å². The van der Waals surface area contributed by atoms with Gasteiger partial charge in [-0.1, -0.05) is 48.2 Å². The van der Waals surface area contributed by atoms with Crippen molar-refractivity contribution in [3.8, 4) is 5.69 Å². The molecule has 1 aromatic heterocycles. The topological polar surface area (TPSA) is 102 Å². The summed E-state index contributed by atoms with van der Waals surface area (Å²) in [4.78, 5) is 24.7. The summed E-state index contributed by atoms with van der Waals surface area (Å²) in [6.45, 7) is 6.26. The Morgan fingerprint density at radius 3 is 2.55 bits per heavy atom. The number of thioether (sulfide) groups is 1. The number of urea groups is 1. The van der Waals surface area contributed by atoms with E-state index < -0.39 is 17.2 Å². The minimum atomic E-state index is -0.699. The number of aryl methyl sites for hydroxylation is 2. The highest BCUT2D eigenvalue weighted by atomic mass is 32.2. The van der Waals surface area contributed by atoms with Crippen LogP contribution < -0.4 is 10.6 Å². The van der Waals surface area contributed by atoms with Gasteiger partial charge in [0.25, 0.3) is 0 Å². The van der Waals surface area contributed by atoms with Crippen molar-refractivity contribution >= 4 is 23.7 Å². The molecule has 0 radical (unpaired) electrons. The third-order valence-corrected chi connectivity index (χ3v) is 5.50. The summed E-state index contributed by atoms with van der Waals surface area (Å²) in [5, 5.41) is 16.6. The largest absolute Gasteiger partial charge is 0.338 e. The minimum absolute atomic E-state index is 0.424. The molecule has 0 saturated carbocycles. The van der Waals surface area contributed by atoms with Crippen molar-refractivity contribution in [2.45, 2.75) is 31.2 Å². The lowest BCUT2D eigenvalue weighted by molar-refractivity contribution is -0.119. The highest BCUT2D eigenvalue weighted by Crippen LogP contribution is 2.35. The maximum Gasteiger partial charge on any atom is 0.321 e. The predicted octanol–water partition coefficient (Wildman–Crippen LogP) is 2.96. The van der Waals surface area contributed by atoms with E-state index in [2.05, 4.69) is 26.2 Å². The van der Waals surface area contributed by atoms with Gasteiger partial charge in [0.05, 0.1) is 5.69 Å². The SMILES string of the molecule is CCNC(=O)NC(=O)[C@@H](Sc1nnnn1-c1ccc(C)c(C)c1)c1ccccc1. The maximum absolute atomic E-state index is 12.8. The van der Waals surface area contributed by atoms with Gasteiger partial charge in [0.15, 0.2) is 0 Å². The molecule has 0 fully saturated rings. The molecule has 0 unspecified atom stereocenters. The van der Waals surface area contributed by atoms with Crippen molar-refractivity contribution in [2.75, 3.05) is 6.54 Å². The molecule has 2 aromatic carbocycles. The molecular formula is C20H22N6O2S. The average Bonchev–Trinajstić information content (AvgIpc) is 3.17. The summed E-state index contributed by atoms with van der Waals surface area (Å²) in [7, 11) is 0. The highest BCUT2D eigenvalue weighted by molar-refractivity contribution is 8.00. The van der Waals surface area contributed by atoms with Crippen molar-refractivity contribution in [1.82, 2.24) is 30.8 Å². The van der Waals surface area contributed by atoms with Crippen molar-refractivity contribution in [3.05, 3.63) is 65.2 Å². The number of aromatic nitrogens is 4. The van der Waals surface area contributed by atoms with E-state index in [1.165, 1.54) is 17.3 Å². The normalized spacial score (nSPS) is 11.7. The number of benzene rings is 2. The smallest absolute Gasteiger partial charge is 0.321 e. The second-order valence-electron chi connectivity index (χ2n) is 6.40. The van der Waals surface area contributed by atoms with Crippen molar-refractivity contribution < 1.29 is 9.59 Å². The first-order valence-corrected chi connectivity index (χ1v) is 10.0. The van der Waals surface area contributed by atoms with Crippen LogP contribution in [0.5, 0.6) is 0 Å². The number of hydrogen-bond donors (Lipinski definition) is 2. The lowest BCUT2D eigenvalue weighted by Crippen LogP contribution is -2.41. The fraction of sp³-hybridized carbons (Fsp3) is 0.250. The Morgan fingerprint density at radius 2 is 1.86 bits per heavy atom. The molecular weight excluding hydrogens is 388 g/mol. The van der Waals surface area contributed by atoms with E-state index in [1.54, 1.807) is 11.6 Å². The predicted molar refractivity (Wildman–Crippen MR) is 111 cm³/mol. The van der Waals surface area contributed by atoms with Crippen LogP contribution in [-0.4, -0.2) is 38.7 Å². The molecule has 150 valence electrons. The number of imide groups is 1. The van der Waals surface area contributed by atoms with Crippen molar-refractivity contribution in [2.24, 2.45) is 0 Å². The number of amides is 3. The van der Waals surface area contributed by atoms with Crippen LogP contribution in [0.25, 0.3) is 5.69 Å². The zero-order valence-electron chi connectivity index (χ0n) is 16.4. The molecule has 0 saturated heterocycles. The molecule has 0 spiro atoms. The van der Waals surface area contributed by atoms with Crippen LogP contribution in [0.3, 0.4) is 0 Å². The van der Waals surface area contributed by atoms with Gasteiger partial charge in [-0.25, -0.2) is 4.79 Å². The van der Waals surface area contributed by atoms with Gasteiger partial charge in [0.1, 0.15) is 5.25 Å². The Morgan fingerprint density at radius 1 is 1.10 bits per heavy atom. The molecule has 1 heterocycles. The van der Waals surface area contributed by atoms with Crippen LogP contribution >= 0.6 is 11.8 Å². The fourth-order valence-corrected chi connectivity index (χ4v) is 3.66. The van der Waals surface area contributed by atoms with Crippen LogP contribution in [0.4, 0.5) is 4.79 Å². The molecule has 0 aliphatic rings. The second-order valence-corrected chi connectivity index (χ2v) is 7.47. The van der Waals surface area contributed by atoms with Gasteiger partial charge in [0, 0.05) is 6.54 Å². The molecule has 3 amide bonds. The molecule has 0 aliphatic heterocycles. The molecule has 3 rings (SSSR count). The van der Waals surface area contributed by atoms with E-state index in [-0.39, 0.29) is 0 Å². The Hall–Kier alpha value is -3.20. The Kier molecular flexibility index (Phi) is 6.61. The van der Waals surface area contributed by atoms with E-state index in [9.17, 15) is 9.59 Å². The van der Waals surface area contributed by atoms with E-state index in [0.717, 1.165) is 16.8 Å². The standard InChI is InChI=1S/C20H22N6O2S/c1-4-21-19(28)22-18(27)17(15-8-6-5-7-9-15)29-20-23-24-25-26(20)16-11-10-13(2)14(3)12-16/h5-12,17H,4H2,1-3H3,(H2,21,22,27,28)/t17-/m0/s1. The number of hydrogen-bond acceptors (Lipinski definition) is 6. The number of nitrogens with one attached hydrogen (secondary N) is 2. The first-order valence-electron chi connectivity index (χ1n) is 9.16. The first-order chi connectivity index (χ1) is 14.0. The van der Waals surface area contributed by atoms with Crippen LogP contribution in [0.1, 0.15) is 28.9 Å². The lowest BCUT2D eigenvalue weighted by atomic mass is 10.1. The Labute approximate surface area is 173 Å². The number of carbonyl (C=O) groups excluding carboxylic acids is 2. The van der Waals surface area contributed by atoms with Crippen LogP contribution in [0.2, 0.25) is 0 Å². The van der Waals surface area contributed by atoms with E-state index in [1.807, 2.05) is 62.4 Å². The highest BCUT2D eigenvalue weighted by Gasteiger charge is 2.26. The van der Waals surface area contributed by atoms with E-state index in [4.69, 9.17) is 0 Å². The van der Waals surface area contributed by atoms with E-state index in [0.29, 0.717) is 11.7 Å². The molecule has 0 bridgehead atoms. The molecule has 8 nitrogen and oxygen atoms in total. The number of carbonyl (C=O) groups is 2. The van der Waals surface area contributed by atoms with Crippen molar-refractivity contribution in [3.63, 3.8) is 0 Å². The zero-order chi connectivity index (χ0) is 20.8. The molecule has 1 atom stereocenters. The van der Waals surface area contributed by atoms with Crippen molar-refractivity contribution in [1.29, 1.82) is 0 Å². The molecule has 0 aliphatic carbocycles. The van der Waals surface area contributed by atoms with Gasteiger partial charge in [-0.2, -0.15) is 4.68 Å². The molecule has 2 N–H and O–H groups in total. The second kappa shape index (κ2) is 9.33. The Balaban J connectivity index is 1.91. The van der Waals surface area contributed by atoms with Gasteiger partial charge in [-0.05, 0) is 60.0 Å². The Bertz CT molecular complexity index is 1010. The quantitative estimate of drug-likeness (QED) is 0.606. The van der Waals surface area contributed by atoms with Gasteiger partial charge in [-0.3, -0.25) is 10.1 Å². The number of nitrogens with zero attached hydrogens (tertiary/aromatic N) is 4. The van der Waals surface area contributed by atoms with E-state index >= 15 is 0 Å². The maximum atomic E-state index is 12.8. The average molecular weight is 411 g/mol. The fourth-order valence-electron chi connectivity index (χ4n) is 2.66. The van der Waals surface area contributed by atoms with Crippen LogP contribution in [0.15, 0.2) is 53.7 Å². The third-order valence-electron chi connectivity index (χ3n) is 4.31. The molecule has 3 aromatic rings. The number of rotatable bonds is 6. The number of tetrazole rings is 1. The summed E-state index contributed by atoms with van der Waals surface area (Å²) in [5.74, 6) is -0.443.